The van der Waals surface area contributed by atoms with E-state index in [-0.39, 0.29) is 11.9 Å². The molecule has 0 aliphatic carbocycles. The number of amides is 1. The van der Waals surface area contributed by atoms with E-state index in [0.29, 0.717) is 23.3 Å². The van der Waals surface area contributed by atoms with Crippen LogP contribution < -0.4 is 5.32 Å². The monoisotopic (exact) mass is 427 g/mol. The van der Waals surface area contributed by atoms with Crippen molar-refractivity contribution in [2.24, 2.45) is 0 Å². The van der Waals surface area contributed by atoms with Crippen LogP contribution in [0.2, 0.25) is 0 Å². The van der Waals surface area contributed by atoms with E-state index in [1.165, 1.54) is 11.3 Å². The molecule has 0 saturated carbocycles. The minimum Gasteiger partial charge on any atom is -0.331 e. The minimum absolute atomic E-state index is 0.0244. The normalized spacial score (nSPS) is 16.7. The first-order valence-electron chi connectivity index (χ1n) is 9.31. The minimum atomic E-state index is -0.0669. The van der Waals surface area contributed by atoms with Gasteiger partial charge in [-0.05, 0) is 39.7 Å². The Labute approximate surface area is 176 Å². The number of rotatable bonds is 5. The standard InChI is InChI=1S/C19H21N7OS2/c1-11-20-15(9-17(21-11)23-19-25-24-13(3)29-19)16-5-4-8-26(16)18(27)7-6-14-10-28-12(2)22-14/h6-7,9-10,16H,4-5,8H2,1-3H3,(H,20,21,23,25)/b7-6+/t16-/m1/s1. The SMILES string of the molecule is Cc1nc(Nc2nnc(C)s2)cc([C@H]2CCCN2C(=O)/C=C/c2csc(C)n2)n1. The van der Waals surface area contributed by atoms with E-state index < -0.39 is 0 Å². The zero-order chi connectivity index (χ0) is 20.4. The number of hydrogen-bond acceptors (Lipinski definition) is 9. The van der Waals surface area contributed by atoms with Crippen molar-refractivity contribution < 1.29 is 4.79 Å². The predicted octanol–water partition coefficient (Wildman–Crippen LogP) is 3.83. The zero-order valence-electron chi connectivity index (χ0n) is 16.4. The molecule has 1 atom stereocenters. The summed E-state index contributed by atoms with van der Waals surface area (Å²) in [4.78, 5) is 28.1. The Morgan fingerprint density at radius 3 is 2.79 bits per heavy atom. The van der Waals surface area contributed by atoms with Crippen molar-refractivity contribution in [3.05, 3.63) is 44.7 Å². The van der Waals surface area contributed by atoms with Crippen LogP contribution in [0.15, 0.2) is 17.5 Å². The number of anilines is 2. The third-order valence-electron chi connectivity index (χ3n) is 4.53. The van der Waals surface area contributed by atoms with Crippen molar-refractivity contribution in [2.45, 2.75) is 39.7 Å². The molecule has 0 bridgehead atoms. The number of nitrogens with zero attached hydrogens (tertiary/aromatic N) is 6. The van der Waals surface area contributed by atoms with E-state index in [9.17, 15) is 4.79 Å². The van der Waals surface area contributed by atoms with E-state index in [4.69, 9.17) is 0 Å². The van der Waals surface area contributed by atoms with Gasteiger partial charge in [-0.2, -0.15) is 0 Å². The Balaban J connectivity index is 1.53. The molecule has 150 valence electrons. The number of hydrogen-bond donors (Lipinski definition) is 1. The molecule has 3 aromatic rings. The Bertz CT molecular complexity index is 1060. The molecule has 4 rings (SSSR count). The average Bonchev–Trinajstić information content (AvgIpc) is 3.41. The van der Waals surface area contributed by atoms with Gasteiger partial charge in [-0.25, -0.2) is 15.0 Å². The van der Waals surface area contributed by atoms with Crippen LogP contribution in [0, 0.1) is 20.8 Å². The van der Waals surface area contributed by atoms with Gasteiger partial charge in [-0.15, -0.1) is 21.5 Å². The molecule has 0 spiro atoms. The number of carbonyl (C=O) groups excluding carboxylic acids is 1. The maximum atomic E-state index is 12.8. The van der Waals surface area contributed by atoms with E-state index in [0.717, 1.165) is 34.2 Å². The first-order valence-corrected chi connectivity index (χ1v) is 11.0. The van der Waals surface area contributed by atoms with Crippen LogP contribution >= 0.6 is 22.7 Å². The van der Waals surface area contributed by atoms with Gasteiger partial charge in [-0.1, -0.05) is 11.3 Å². The summed E-state index contributed by atoms with van der Waals surface area (Å²) in [6.07, 6.45) is 5.20. The van der Waals surface area contributed by atoms with E-state index in [2.05, 4.69) is 30.5 Å². The molecule has 4 heterocycles. The molecule has 0 aromatic carbocycles. The Morgan fingerprint density at radius 1 is 1.21 bits per heavy atom. The smallest absolute Gasteiger partial charge is 0.247 e. The lowest BCUT2D eigenvalue weighted by Gasteiger charge is -2.23. The molecule has 29 heavy (non-hydrogen) atoms. The lowest BCUT2D eigenvalue weighted by Crippen LogP contribution is -2.29. The number of nitrogens with one attached hydrogen (secondary N) is 1. The second kappa shape index (κ2) is 8.34. The second-order valence-corrected chi connectivity index (χ2v) is 9.03. The van der Waals surface area contributed by atoms with E-state index >= 15 is 0 Å². The summed E-state index contributed by atoms with van der Waals surface area (Å²) in [6.45, 7) is 6.42. The van der Waals surface area contributed by atoms with Crippen LogP contribution in [-0.2, 0) is 4.79 Å². The van der Waals surface area contributed by atoms with Crippen molar-refractivity contribution in [3.8, 4) is 0 Å². The molecular weight excluding hydrogens is 406 g/mol. The topological polar surface area (TPSA) is 96.8 Å². The van der Waals surface area contributed by atoms with Crippen LogP contribution in [0.3, 0.4) is 0 Å². The van der Waals surface area contributed by atoms with Crippen molar-refractivity contribution in [1.29, 1.82) is 0 Å². The summed E-state index contributed by atoms with van der Waals surface area (Å²) in [5.74, 6) is 1.29. The van der Waals surface area contributed by atoms with Crippen LogP contribution in [0.25, 0.3) is 6.08 Å². The molecule has 8 nitrogen and oxygen atoms in total. The highest BCUT2D eigenvalue weighted by Crippen LogP contribution is 2.32. The summed E-state index contributed by atoms with van der Waals surface area (Å²) in [5, 5.41) is 15.8. The van der Waals surface area contributed by atoms with E-state index in [1.54, 1.807) is 23.5 Å². The molecule has 1 saturated heterocycles. The van der Waals surface area contributed by atoms with Gasteiger partial charge in [0.05, 0.1) is 22.4 Å². The highest BCUT2D eigenvalue weighted by Gasteiger charge is 2.30. The zero-order valence-corrected chi connectivity index (χ0v) is 18.0. The molecule has 0 radical (unpaired) electrons. The van der Waals surface area contributed by atoms with Crippen LogP contribution in [-0.4, -0.2) is 42.5 Å². The number of aryl methyl sites for hydroxylation is 3. The van der Waals surface area contributed by atoms with Crippen LogP contribution in [0.4, 0.5) is 10.9 Å². The molecular formula is C19H21N7OS2. The molecule has 1 fully saturated rings. The number of aromatic nitrogens is 5. The third kappa shape index (κ3) is 4.65. The third-order valence-corrected chi connectivity index (χ3v) is 6.08. The fourth-order valence-electron chi connectivity index (χ4n) is 3.33. The Kier molecular flexibility index (Phi) is 5.63. The van der Waals surface area contributed by atoms with Gasteiger partial charge in [0.1, 0.15) is 16.6 Å². The fourth-order valence-corrected chi connectivity index (χ4v) is 4.51. The lowest BCUT2D eigenvalue weighted by atomic mass is 10.1. The summed E-state index contributed by atoms with van der Waals surface area (Å²) in [7, 11) is 0. The quantitative estimate of drug-likeness (QED) is 0.618. The van der Waals surface area contributed by atoms with Crippen molar-refractivity contribution >= 4 is 45.6 Å². The summed E-state index contributed by atoms with van der Waals surface area (Å²) >= 11 is 3.04. The Morgan fingerprint density at radius 2 is 2.07 bits per heavy atom. The first-order chi connectivity index (χ1) is 14.0. The molecule has 10 heteroatoms. The van der Waals surface area contributed by atoms with Gasteiger partial charge in [0.2, 0.25) is 11.0 Å². The van der Waals surface area contributed by atoms with Crippen molar-refractivity contribution in [1.82, 2.24) is 30.0 Å². The number of thiazole rings is 1. The van der Waals surface area contributed by atoms with Crippen molar-refractivity contribution in [3.63, 3.8) is 0 Å². The maximum Gasteiger partial charge on any atom is 0.247 e. The first kappa shape index (κ1) is 19.6. The largest absolute Gasteiger partial charge is 0.331 e. The number of likely N-dealkylation sites (tertiary alicyclic amines) is 1. The van der Waals surface area contributed by atoms with Gasteiger partial charge in [0, 0.05) is 24.1 Å². The van der Waals surface area contributed by atoms with Gasteiger partial charge < -0.3 is 10.2 Å². The van der Waals surface area contributed by atoms with Gasteiger partial charge in [-0.3, -0.25) is 4.79 Å². The summed E-state index contributed by atoms with van der Waals surface area (Å²) in [5.41, 5.74) is 1.65. The molecule has 1 aliphatic heterocycles. The highest BCUT2D eigenvalue weighted by atomic mass is 32.1. The molecule has 3 aromatic heterocycles. The highest BCUT2D eigenvalue weighted by molar-refractivity contribution is 7.15. The Hall–Kier alpha value is -2.72. The summed E-state index contributed by atoms with van der Waals surface area (Å²) < 4.78 is 0. The number of carbonyl (C=O) groups is 1. The fraction of sp³-hybridized carbons (Fsp3) is 0.368. The maximum absolute atomic E-state index is 12.8. The predicted molar refractivity (Wildman–Crippen MR) is 114 cm³/mol. The second-order valence-electron chi connectivity index (χ2n) is 6.79. The van der Waals surface area contributed by atoms with Crippen LogP contribution in [0.5, 0.6) is 0 Å². The van der Waals surface area contributed by atoms with E-state index in [1.807, 2.05) is 37.1 Å². The van der Waals surface area contributed by atoms with Gasteiger partial charge in [0.15, 0.2) is 0 Å². The van der Waals surface area contributed by atoms with Gasteiger partial charge >= 0.3 is 0 Å². The average molecular weight is 428 g/mol. The molecule has 1 aliphatic rings. The lowest BCUT2D eigenvalue weighted by molar-refractivity contribution is -0.126. The van der Waals surface area contributed by atoms with Crippen molar-refractivity contribution in [2.75, 3.05) is 11.9 Å². The van der Waals surface area contributed by atoms with Crippen LogP contribution in [0.1, 0.15) is 46.1 Å². The molecule has 1 amide bonds. The summed E-state index contributed by atoms with van der Waals surface area (Å²) in [6, 6.07) is 1.83. The van der Waals surface area contributed by atoms with Gasteiger partial charge in [0.25, 0.3) is 0 Å². The molecule has 1 N–H and O–H groups in total. The molecule has 0 unspecified atom stereocenters.